The van der Waals surface area contributed by atoms with Gasteiger partial charge >= 0.3 is 6.18 Å². The van der Waals surface area contributed by atoms with E-state index in [1.54, 1.807) is 6.07 Å². The minimum atomic E-state index is -4.38. The van der Waals surface area contributed by atoms with E-state index in [0.717, 1.165) is 18.9 Å². The Morgan fingerprint density at radius 3 is 2.47 bits per heavy atom. The van der Waals surface area contributed by atoms with E-state index in [1.165, 1.54) is 12.1 Å². The van der Waals surface area contributed by atoms with Crippen LogP contribution in [0.3, 0.4) is 0 Å². The molecule has 1 aliphatic rings. The van der Waals surface area contributed by atoms with Crippen LogP contribution in [0.25, 0.3) is 0 Å². The predicted octanol–water partition coefficient (Wildman–Crippen LogP) is 2.49. The zero-order valence-electron chi connectivity index (χ0n) is 9.17. The molecule has 5 heteroatoms. The molecular formula is C12H14F3NO. The topological polar surface area (TPSA) is 32.3 Å². The van der Waals surface area contributed by atoms with Crippen LogP contribution in [0.4, 0.5) is 13.2 Å². The summed E-state index contributed by atoms with van der Waals surface area (Å²) in [6.07, 6.45) is -2.45. The monoisotopic (exact) mass is 245 g/mol. The highest BCUT2D eigenvalue weighted by Gasteiger charge is 2.36. The molecule has 1 aromatic rings. The van der Waals surface area contributed by atoms with E-state index in [9.17, 15) is 18.3 Å². The summed E-state index contributed by atoms with van der Waals surface area (Å²) in [4.78, 5) is 0. The lowest BCUT2D eigenvalue weighted by Gasteiger charge is -2.21. The second-order valence-electron chi connectivity index (χ2n) is 4.26. The van der Waals surface area contributed by atoms with Crippen molar-refractivity contribution in [1.82, 2.24) is 5.32 Å². The molecule has 1 fully saturated rings. The predicted molar refractivity (Wildman–Crippen MR) is 57.4 cm³/mol. The van der Waals surface area contributed by atoms with Gasteiger partial charge in [0.1, 0.15) is 0 Å². The van der Waals surface area contributed by atoms with Gasteiger partial charge in [0.05, 0.1) is 18.2 Å². The average molecular weight is 245 g/mol. The van der Waals surface area contributed by atoms with Crippen molar-refractivity contribution in [2.45, 2.75) is 31.1 Å². The van der Waals surface area contributed by atoms with Crippen LogP contribution >= 0.6 is 0 Å². The van der Waals surface area contributed by atoms with Crippen molar-refractivity contribution in [2.24, 2.45) is 0 Å². The standard InChI is InChI=1S/C12H14F3NO/c13-12(14,15)10-4-2-1-3-9(10)11(7-17)16-8-5-6-8/h1-4,8,11,16-17H,5-7H2. The minimum Gasteiger partial charge on any atom is -0.394 e. The second kappa shape index (κ2) is 4.66. The average Bonchev–Trinajstić information content (AvgIpc) is 3.08. The maximum Gasteiger partial charge on any atom is 0.416 e. The first-order valence-electron chi connectivity index (χ1n) is 5.55. The molecule has 0 radical (unpaired) electrons. The van der Waals surface area contributed by atoms with E-state index in [2.05, 4.69) is 5.32 Å². The van der Waals surface area contributed by atoms with Crippen LogP contribution in [0.2, 0.25) is 0 Å². The summed E-state index contributed by atoms with van der Waals surface area (Å²) in [6, 6.07) is 4.99. The Hall–Kier alpha value is -1.07. The van der Waals surface area contributed by atoms with Crippen LogP contribution < -0.4 is 5.32 Å². The summed E-state index contributed by atoms with van der Waals surface area (Å²) in [5, 5.41) is 12.2. The Morgan fingerprint density at radius 1 is 1.29 bits per heavy atom. The molecule has 2 nitrogen and oxygen atoms in total. The lowest BCUT2D eigenvalue weighted by molar-refractivity contribution is -0.138. The molecule has 1 unspecified atom stereocenters. The maximum atomic E-state index is 12.8. The number of hydrogen-bond acceptors (Lipinski definition) is 2. The lowest BCUT2D eigenvalue weighted by Crippen LogP contribution is -2.28. The highest BCUT2D eigenvalue weighted by atomic mass is 19.4. The van der Waals surface area contributed by atoms with Gasteiger partial charge in [-0.15, -0.1) is 0 Å². The Balaban J connectivity index is 2.28. The molecule has 0 bridgehead atoms. The molecule has 2 rings (SSSR count). The summed E-state index contributed by atoms with van der Waals surface area (Å²) in [5.41, 5.74) is -0.554. The number of benzene rings is 1. The Bertz CT molecular complexity index is 388. The largest absolute Gasteiger partial charge is 0.416 e. The molecule has 2 N–H and O–H groups in total. The van der Waals surface area contributed by atoms with Gasteiger partial charge < -0.3 is 10.4 Å². The van der Waals surface area contributed by atoms with Crippen LogP contribution in [0, 0.1) is 0 Å². The third-order valence-electron chi connectivity index (χ3n) is 2.84. The lowest BCUT2D eigenvalue weighted by atomic mass is 10.0. The molecule has 0 saturated heterocycles. The number of rotatable bonds is 4. The number of alkyl halides is 3. The quantitative estimate of drug-likeness (QED) is 0.854. The van der Waals surface area contributed by atoms with Crippen LogP contribution in [0.15, 0.2) is 24.3 Å². The number of aliphatic hydroxyl groups is 1. The summed E-state index contributed by atoms with van der Waals surface area (Å²) in [6.45, 7) is -0.330. The SMILES string of the molecule is OCC(NC1CC1)c1ccccc1C(F)(F)F. The normalized spacial score (nSPS) is 18.1. The number of hydrogen-bond donors (Lipinski definition) is 2. The first-order valence-corrected chi connectivity index (χ1v) is 5.55. The molecule has 1 aromatic carbocycles. The van der Waals surface area contributed by atoms with Gasteiger partial charge in [0.2, 0.25) is 0 Å². The van der Waals surface area contributed by atoms with Crippen molar-refractivity contribution < 1.29 is 18.3 Å². The van der Waals surface area contributed by atoms with E-state index >= 15 is 0 Å². The fourth-order valence-electron chi connectivity index (χ4n) is 1.83. The zero-order valence-corrected chi connectivity index (χ0v) is 9.17. The van der Waals surface area contributed by atoms with Crippen molar-refractivity contribution in [3.8, 4) is 0 Å². The maximum absolute atomic E-state index is 12.8. The molecule has 1 atom stereocenters. The minimum absolute atomic E-state index is 0.120. The van der Waals surface area contributed by atoms with E-state index in [-0.39, 0.29) is 18.2 Å². The van der Waals surface area contributed by atoms with Gasteiger partial charge in [-0.3, -0.25) is 0 Å². The third kappa shape index (κ3) is 2.98. The first kappa shape index (κ1) is 12.4. The summed E-state index contributed by atoms with van der Waals surface area (Å²) >= 11 is 0. The van der Waals surface area contributed by atoms with Crippen LogP contribution in [-0.4, -0.2) is 17.8 Å². The number of aliphatic hydroxyl groups excluding tert-OH is 1. The molecule has 0 heterocycles. The van der Waals surface area contributed by atoms with E-state index < -0.39 is 17.8 Å². The highest BCUT2D eigenvalue weighted by molar-refractivity contribution is 5.32. The van der Waals surface area contributed by atoms with Gasteiger partial charge in [-0.25, -0.2) is 0 Å². The zero-order chi connectivity index (χ0) is 12.5. The molecule has 0 aromatic heterocycles. The Labute approximate surface area is 97.5 Å². The molecule has 17 heavy (non-hydrogen) atoms. The Morgan fingerprint density at radius 2 is 1.94 bits per heavy atom. The molecule has 1 saturated carbocycles. The van der Waals surface area contributed by atoms with Crippen LogP contribution in [0.1, 0.15) is 30.0 Å². The summed E-state index contributed by atoms with van der Waals surface area (Å²) in [5.74, 6) is 0. The third-order valence-corrected chi connectivity index (χ3v) is 2.84. The first-order chi connectivity index (χ1) is 8.02. The van der Waals surface area contributed by atoms with Gasteiger partial charge in [-0.1, -0.05) is 18.2 Å². The van der Waals surface area contributed by atoms with Crippen molar-refractivity contribution in [2.75, 3.05) is 6.61 Å². The van der Waals surface area contributed by atoms with Crippen molar-refractivity contribution >= 4 is 0 Å². The molecule has 94 valence electrons. The molecule has 1 aliphatic carbocycles. The van der Waals surface area contributed by atoms with Crippen molar-refractivity contribution in [1.29, 1.82) is 0 Å². The number of nitrogens with one attached hydrogen (secondary N) is 1. The van der Waals surface area contributed by atoms with Gasteiger partial charge in [0.15, 0.2) is 0 Å². The van der Waals surface area contributed by atoms with Gasteiger partial charge in [-0.2, -0.15) is 13.2 Å². The van der Waals surface area contributed by atoms with Crippen LogP contribution in [-0.2, 0) is 6.18 Å². The molecule has 0 aliphatic heterocycles. The highest BCUT2D eigenvalue weighted by Crippen LogP contribution is 2.35. The summed E-state index contributed by atoms with van der Waals surface area (Å²) in [7, 11) is 0. The van der Waals surface area contributed by atoms with Gasteiger partial charge in [0, 0.05) is 6.04 Å². The fourth-order valence-corrected chi connectivity index (χ4v) is 1.83. The fraction of sp³-hybridized carbons (Fsp3) is 0.500. The molecule has 0 spiro atoms. The Kier molecular flexibility index (Phi) is 3.40. The van der Waals surface area contributed by atoms with Crippen LogP contribution in [0.5, 0.6) is 0 Å². The smallest absolute Gasteiger partial charge is 0.394 e. The van der Waals surface area contributed by atoms with E-state index in [1.807, 2.05) is 0 Å². The summed E-state index contributed by atoms with van der Waals surface area (Å²) < 4.78 is 38.4. The van der Waals surface area contributed by atoms with Crippen molar-refractivity contribution in [3.63, 3.8) is 0 Å². The van der Waals surface area contributed by atoms with Gasteiger partial charge in [0.25, 0.3) is 0 Å². The van der Waals surface area contributed by atoms with E-state index in [4.69, 9.17) is 0 Å². The van der Waals surface area contributed by atoms with Gasteiger partial charge in [-0.05, 0) is 24.5 Å². The van der Waals surface area contributed by atoms with Crippen molar-refractivity contribution in [3.05, 3.63) is 35.4 Å². The number of halogens is 3. The molecule has 0 amide bonds. The van der Waals surface area contributed by atoms with E-state index in [0.29, 0.717) is 0 Å². The second-order valence-corrected chi connectivity index (χ2v) is 4.26. The molecular weight excluding hydrogens is 231 g/mol.